The van der Waals surface area contributed by atoms with Crippen LogP contribution in [0.15, 0.2) is 42.5 Å². The van der Waals surface area contributed by atoms with Crippen LogP contribution in [0.1, 0.15) is 42.6 Å². The number of rotatable bonds is 9. The normalized spacial score (nSPS) is 17.4. The van der Waals surface area contributed by atoms with E-state index in [0.29, 0.717) is 41.6 Å². The lowest BCUT2D eigenvalue weighted by molar-refractivity contribution is -0.145. The average molecular weight is 494 g/mol. The molecule has 0 bridgehead atoms. The van der Waals surface area contributed by atoms with E-state index in [1.807, 2.05) is 43.3 Å². The van der Waals surface area contributed by atoms with Gasteiger partial charge in [-0.25, -0.2) is 14.5 Å². The smallest absolute Gasteiger partial charge is 0.407 e. The van der Waals surface area contributed by atoms with Crippen molar-refractivity contribution in [1.82, 2.24) is 25.3 Å². The first kappa shape index (κ1) is 25.2. The lowest BCUT2D eigenvalue weighted by atomic mass is 9.80. The van der Waals surface area contributed by atoms with Gasteiger partial charge in [-0.05, 0) is 37.5 Å². The SMILES string of the molecule is Cc1nc(-c2nnn(C)c2CNC(=O)OCc2ccccc2)ccc1OC[C@H]1CCCC[C@@H]1C(=O)O. The molecule has 1 fully saturated rings. The molecule has 4 rings (SSSR count). The van der Waals surface area contributed by atoms with Crippen LogP contribution in [0.4, 0.5) is 4.79 Å². The Kier molecular flexibility index (Phi) is 8.14. The molecule has 0 aliphatic heterocycles. The molecule has 1 saturated carbocycles. The van der Waals surface area contributed by atoms with E-state index in [1.165, 1.54) is 0 Å². The molecule has 2 atom stereocenters. The second-order valence-corrected chi connectivity index (χ2v) is 9.00. The van der Waals surface area contributed by atoms with Crippen LogP contribution >= 0.6 is 0 Å². The Hall–Kier alpha value is -3.95. The molecule has 10 heteroatoms. The summed E-state index contributed by atoms with van der Waals surface area (Å²) >= 11 is 0. The third kappa shape index (κ3) is 6.18. The Balaban J connectivity index is 1.37. The summed E-state index contributed by atoms with van der Waals surface area (Å²) in [5.74, 6) is -0.502. The predicted molar refractivity (Wildman–Crippen MR) is 131 cm³/mol. The zero-order chi connectivity index (χ0) is 25.5. The highest BCUT2D eigenvalue weighted by molar-refractivity contribution is 5.70. The molecule has 1 aromatic carbocycles. The number of aromatic nitrogens is 4. The summed E-state index contributed by atoms with van der Waals surface area (Å²) in [5.41, 5.74) is 3.40. The van der Waals surface area contributed by atoms with Gasteiger partial charge in [0.25, 0.3) is 0 Å². The summed E-state index contributed by atoms with van der Waals surface area (Å²) in [6.45, 7) is 2.54. The van der Waals surface area contributed by atoms with Gasteiger partial charge in [-0.15, -0.1) is 5.10 Å². The van der Waals surface area contributed by atoms with E-state index in [2.05, 4.69) is 20.6 Å². The Morgan fingerprint density at radius 2 is 1.92 bits per heavy atom. The molecule has 36 heavy (non-hydrogen) atoms. The van der Waals surface area contributed by atoms with Gasteiger partial charge in [0.15, 0.2) is 0 Å². The van der Waals surface area contributed by atoms with Crippen LogP contribution in [0.25, 0.3) is 11.4 Å². The van der Waals surface area contributed by atoms with Crippen molar-refractivity contribution in [2.75, 3.05) is 6.61 Å². The highest BCUT2D eigenvalue weighted by atomic mass is 16.5. The molecule has 2 heterocycles. The quantitative estimate of drug-likeness (QED) is 0.460. The van der Waals surface area contributed by atoms with Crippen LogP contribution in [-0.4, -0.2) is 43.8 Å². The van der Waals surface area contributed by atoms with Crippen LogP contribution in [0, 0.1) is 18.8 Å². The van der Waals surface area contributed by atoms with Crippen LogP contribution in [0.2, 0.25) is 0 Å². The number of alkyl carbamates (subject to hydrolysis) is 1. The number of nitrogens with zero attached hydrogens (tertiary/aromatic N) is 4. The summed E-state index contributed by atoms with van der Waals surface area (Å²) in [6, 6.07) is 13.1. The van der Waals surface area contributed by atoms with E-state index >= 15 is 0 Å². The molecule has 2 aromatic heterocycles. The highest BCUT2D eigenvalue weighted by Gasteiger charge is 2.31. The summed E-state index contributed by atoms with van der Waals surface area (Å²) in [7, 11) is 1.75. The zero-order valence-electron chi connectivity index (χ0n) is 20.5. The topological polar surface area (TPSA) is 128 Å². The minimum atomic E-state index is -0.749. The molecular formula is C26H31N5O5. The van der Waals surface area contributed by atoms with Crippen LogP contribution in [-0.2, 0) is 29.7 Å². The number of amides is 1. The summed E-state index contributed by atoms with van der Waals surface area (Å²) < 4.78 is 12.8. The van der Waals surface area contributed by atoms with Gasteiger partial charge >= 0.3 is 12.1 Å². The van der Waals surface area contributed by atoms with Crippen molar-refractivity contribution >= 4 is 12.1 Å². The Morgan fingerprint density at radius 1 is 1.14 bits per heavy atom. The standard InChI is InChI=1S/C26H31N5O5/c1-17-23(35-16-19-10-6-7-11-20(19)25(32)33)13-12-21(28-17)24-22(31(2)30-29-24)14-27-26(34)36-15-18-8-4-3-5-9-18/h3-5,8-9,12-13,19-20H,6-7,10-11,14-16H2,1-2H3,(H,27,34)(H,32,33)/t19-,20+/m1/s1. The zero-order valence-corrected chi connectivity index (χ0v) is 20.5. The minimum Gasteiger partial charge on any atom is -0.491 e. The maximum Gasteiger partial charge on any atom is 0.407 e. The summed E-state index contributed by atoms with van der Waals surface area (Å²) in [5, 5.41) is 20.5. The summed E-state index contributed by atoms with van der Waals surface area (Å²) in [6.07, 6.45) is 2.98. The van der Waals surface area contributed by atoms with Crippen molar-refractivity contribution in [3.8, 4) is 17.1 Å². The number of aliphatic carboxylic acids is 1. The molecule has 3 aromatic rings. The average Bonchev–Trinajstić information content (AvgIpc) is 3.26. The summed E-state index contributed by atoms with van der Waals surface area (Å²) in [4.78, 5) is 28.4. The molecule has 1 aliphatic carbocycles. The molecule has 0 saturated heterocycles. The molecule has 0 unspecified atom stereocenters. The maximum absolute atomic E-state index is 12.2. The molecule has 10 nitrogen and oxygen atoms in total. The number of carbonyl (C=O) groups excluding carboxylic acids is 1. The fourth-order valence-corrected chi connectivity index (χ4v) is 4.47. The largest absolute Gasteiger partial charge is 0.491 e. The van der Waals surface area contributed by atoms with Crippen molar-refractivity contribution in [3.05, 3.63) is 59.4 Å². The Bertz CT molecular complexity index is 1200. The van der Waals surface area contributed by atoms with Gasteiger partial charge in [0.05, 0.1) is 36.2 Å². The first-order valence-corrected chi connectivity index (χ1v) is 12.1. The molecular weight excluding hydrogens is 462 g/mol. The number of benzene rings is 1. The van der Waals surface area contributed by atoms with E-state index in [-0.39, 0.29) is 25.0 Å². The highest BCUT2D eigenvalue weighted by Crippen LogP contribution is 2.31. The lowest BCUT2D eigenvalue weighted by Crippen LogP contribution is -2.31. The number of carboxylic acid groups (broad SMARTS) is 1. The molecule has 0 radical (unpaired) electrons. The number of carboxylic acids is 1. The number of hydrogen-bond donors (Lipinski definition) is 2. The van der Waals surface area contributed by atoms with E-state index < -0.39 is 12.1 Å². The van der Waals surface area contributed by atoms with Crippen LogP contribution < -0.4 is 10.1 Å². The molecule has 1 amide bonds. The Morgan fingerprint density at radius 3 is 2.67 bits per heavy atom. The van der Waals surface area contributed by atoms with Gasteiger partial charge in [-0.1, -0.05) is 48.4 Å². The fourth-order valence-electron chi connectivity index (χ4n) is 4.47. The monoisotopic (exact) mass is 493 g/mol. The Labute approximate surface area is 209 Å². The first-order chi connectivity index (χ1) is 17.4. The number of nitrogens with one attached hydrogen (secondary N) is 1. The van der Waals surface area contributed by atoms with Crippen molar-refractivity contribution < 1.29 is 24.2 Å². The van der Waals surface area contributed by atoms with Gasteiger partial charge in [-0.3, -0.25) is 4.79 Å². The number of ether oxygens (including phenoxy) is 2. The molecule has 2 N–H and O–H groups in total. The first-order valence-electron chi connectivity index (χ1n) is 12.1. The molecule has 0 spiro atoms. The van der Waals surface area contributed by atoms with E-state index in [4.69, 9.17) is 9.47 Å². The maximum atomic E-state index is 12.2. The van der Waals surface area contributed by atoms with Gasteiger partial charge < -0.3 is 19.9 Å². The number of aryl methyl sites for hydroxylation is 2. The van der Waals surface area contributed by atoms with Gasteiger partial charge in [0.1, 0.15) is 18.1 Å². The van der Waals surface area contributed by atoms with Gasteiger partial charge in [0, 0.05) is 13.0 Å². The van der Waals surface area contributed by atoms with Crippen LogP contribution in [0.5, 0.6) is 5.75 Å². The van der Waals surface area contributed by atoms with E-state index in [0.717, 1.165) is 24.8 Å². The molecule has 1 aliphatic rings. The van der Waals surface area contributed by atoms with Crippen molar-refractivity contribution in [2.45, 2.75) is 45.8 Å². The number of hydrogen-bond acceptors (Lipinski definition) is 7. The van der Waals surface area contributed by atoms with Crippen molar-refractivity contribution in [1.29, 1.82) is 0 Å². The molecule has 190 valence electrons. The van der Waals surface area contributed by atoms with Crippen molar-refractivity contribution in [2.24, 2.45) is 18.9 Å². The third-order valence-corrected chi connectivity index (χ3v) is 6.51. The van der Waals surface area contributed by atoms with Crippen LogP contribution in [0.3, 0.4) is 0 Å². The number of pyridine rings is 1. The van der Waals surface area contributed by atoms with Gasteiger partial charge in [0.2, 0.25) is 0 Å². The predicted octanol–water partition coefficient (Wildman–Crippen LogP) is 3.88. The van der Waals surface area contributed by atoms with Gasteiger partial charge in [-0.2, -0.15) is 0 Å². The lowest BCUT2D eigenvalue weighted by Gasteiger charge is -2.28. The minimum absolute atomic E-state index is 0.00496. The fraction of sp³-hybridized carbons (Fsp3) is 0.423. The van der Waals surface area contributed by atoms with E-state index in [9.17, 15) is 14.7 Å². The second kappa shape index (κ2) is 11.7. The third-order valence-electron chi connectivity index (χ3n) is 6.51. The number of carbonyl (C=O) groups is 2. The van der Waals surface area contributed by atoms with E-state index in [1.54, 1.807) is 17.8 Å². The van der Waals surface area contributed by atoms with Crippen molar-refractivity contribution in [3.63, 3.8) is 0 Å². The second-order valence-electron chi connectivity index (χ2n) is 9.00.